The molecule has 92 valence electrons. The smallest absolute Gasteiger partial charge is 0.126 e. The van der Waals surface area contributed by atoms with E-state index in [4.69, 9.17) is 4.74 Å². The topological polar surface area (TPSA) is 21.3 Å². The van der Waals surface area contributed by atoms with Crippen molar-refractivity contribution in [1.29, 1.82) is 0 Å². The lowest BCUT2D eigenvalue weighted by Gasteiger charge is -2.30. The van der Waals surface area contributed by atoms with Gasteiger partial charge in [-0.25, -0.2) is 0 Å². The molecule has 3 rings (SSSR count). The maximum atomic E-state index is 5.83. The van der Waals surface area contributed by atoms with E-state index in [2.05, 4.69) is 30.6 Å². The Balaban J connectivity index is 1.86. The number of nitrogens with one attached hydrogen (secondary N) is 1. The first-order chi connectivity index (χ1) is 8.38. The van der Waals surface area contributed by atoms with Crippen molar-refractivity contribution in [3.63, 3.8) is 0 Å². The fraction of sp³-hybridized carbons (Fsp3) is 0.600. The molecule has 1 fully saturated rings. The molecule has 2 nitrogen and oxygen atoms in total. The molecule has 1 aliphatic heterocycles. The summed E-state index contributed by atoms with van der Waals surface area (Å²) in [6.45, 7) is 0.870. The molecule has 17 heavy (non-hydrogen) atoms. The van der Waals surface area contributed by atoms with Crippen LogP contribution in [0.3, 0.4) is 0 Å². The molecule has 2 heteroatoms. The minimum Gasteiger partial charge on any atom is -0.493 e. The van der Waals surface area contributed by atoms with Crippen LogP contribution in [0.1, 0.15) is 42.7 Å². The molecule has 1 N–H and O–H groups in total. The second kappa shape index (κ2) is 4.69. The fourth-order valence-corrected chi connectivity index (χ4v) is 3.30. The minimum atomic E-state index is 0.686. The molecule has 1 aliphatic carbocycles. The molecule has 0 bridgehead atoms. The van der Waals surface area contributed by atoms with Crippen molar-refractivity contribution in [1.82, 2.24) is 5.32 Å². The maximum Gasteiger partial charge on any atom is 0.126 e. The van der Waals surface area contributed by atoms with Gasteiger partial charge in [0.05, 0.1) is 6.61 Å². The van der Waals surface area contributed by atoms with Crippen LogP contribution in [0.2, 0.25) is 0 Å². The van der Waals surface area contributed by atoms with Gasteiger partial charge in [0, 0.05) is 12.5 Å². The number of hydrogen-bond acceptors (Lipinski definition) is 2. The number of fused-ring (bicyclic) bond motifs is 1. The van der Waals surface area contributed by atoms with Gasteiger partial charge >= 0.3 is 0 Å². The van der Waals surface area contributed by atoms with E-state index in [9.17, 15) is 0 Å². The average molecular weight is 231 g/mol. The summed E-state index contributed by atoms with van der Waals surface area (Å²) in [5, 5.41) is 3.43. The van der Waals surface area contributed by atoms with Gasteiger partial charge in [-0.3, -0.25) is 0 Å². The maximum absolute atomic E-state index is 5.83. The van der Waals surface area contributed by atoms with Crippen LogP contribution in [0.5, 0.6) is 5.75 Å². The highest BCUT2D eigenvalue weighted by Crippen LogP contribution is 2.40. The Kier molecular flexibility index (Phi) is 3.06. The summed E-state index contributed by atoms with van der Waals surface area (Å²) >= 11 is 0. The Morgan fingerprint density at radius 1 is 1.29 bits per heavy atom. The van der Waals surface area contributed by atoms with Gasteiger partial charge in [0.15, 0.2) is 0 Å². The standard InChI is InChI=1S/C15H21NO/c1-16-13-6-2-5-12(10-13)14-7-3-4-11-8-9-17-15(11)14/h3-4,7,12-13,16H,2,5-6,8-10H2,1H3. The van der Waals surface area contributed by atoms with E-state index in [1.807, 2.05) is 0 Å². The van der Waals surface area contributed by atoms with Crippen LogP contribution in [0.15, 0.2) is 18.2 Å². The first-order valence-corrected chi connectivity index (χ1v) is 6.80. The normalized spacial score (nSPS) is 27.6. The third kappa shape index (κ3) is 2.06. The van der Waals surface area contributed by atoms with Gasteiger partial charge < -0.3 is 10.1 Å². The van der Waals surface area contributed by atoms with E-state index < -0.39 is 0 Å². The zero-order chi connectivity index (χ0) is 11.7. The van der Waals surface area contributed by atoms with Crippen LogP contribution in [0.4, 0.5) is 0 Å². The van der Waals surface area contributed by atoms with Crippen LogP contribution in [0, 0.1) is 0 Å². The summed E-state index contributed by atoms with van der Waals surface area (Å²) in [6, 6.07) is 7.37. The van der Waals surface area contributed by atoms with Crippen molar-refractivity contribution in [3.05, 3.63) is 29.3 Å². The summed E-state index contributed by atoms with van der Waals surface area (Å²) < 4.78 is 5.83. The number of ether oxygens (including phenoxy) is 1. The van der Waals surface area contributed by atoms with Crippen LogP contribution < -0.4 is 10.1 Å². The third-order valence-corrected chi connectivity index (χ3v) is 4.27. The van der Waals surface area contributed by atoms with Gasteiger partial charge in [-0.1, -0.05) is 24.6 Å². The zero-order valence-electron chi connectivity index (χ0n) is 10.5. The number of benzene rings is 1. The van der Waals surface area contributed by atoms with Crippen molar-refractivity contribution in [2.45, 2.75) is 44.1 Å². The highest BCUT2D eigenvalue weighted by atomic mass is 16.5. The largest absolute Gasteiger partial charge is 0.493 e. The Morgan fingerprint density at radius 2 is 2.24 bits per heavy atom. The van der Waals surface area contributed by atoms with Crippen LogP contribution in [0.25, 0.3) is 0 Å². The van der Waals surface area contributed by atoms with Crippen molar-refractivity contribution >= 4 is 0 Å². The van der Waals surface area contributed by atoms with Gasteiger partial charge in [-0.15, -0.1) is 0 Å². The molecule has 0 spiro atoms. The lowest BCUT2D eigenvalue weighted by atomic mass is 9.80. The first-order valence-electron chi connectivity index (χ1n) is 6.80. The number of rotatable bonds is 2. The van der Waals surface area contributed by atoms with Crippen LogP contribution in [-0.4, -0.2) is 19.7 Å². The Hall–Kier alpha value is -1.02. The lowest BCUT2D eigenvalue weighted by molar-refractivity contribution is 0.328. The molecule has 0 radical (unpaired) electrons. The molecule has 2 atom stereocenters. The Morgan fingerprint density at radius 3 is 3.12 bits per heavy atom. The van der Waals surface area contributed by atoms with E-state index >= 15 is 0 Å². The van der Waals surface area contributed by atoms with E-state index in [1.54, 1.807) is 0 Å². The van der Waals surface area contributed by atoms with Crippen molar-refractivity contribution in [3.8, 4) is 5.75 Å². The second-order valence-electron chi connectivity index (χ2n) is 5.28. The van der Waals surface area contributed by atoms with Gasteiger partial charge in [0.1, 0.15) is 5.75 Å². The van der Waals surface area contributed by atoms with Gasteiger partial charge in [-0.05, 0) is 43.4 Å². The molecule has 0 aromatic heterocycles. The number of hydrogen-bond donors (Lipinski definition) is 1. The predicted octanol–water partition coefficient (Wildman–Crippen LogP) is 2.87. The quantitative estimate of drug-likeness (QED) is 0.845. The Bertz CT molecular complexity index is 402. The molecular formula is C15H21NO. The molecular weight excluding hydrogens is 210 g/mol. The van der Waals surface area contributed by atoms with E-state index in [1.165, 1.54) is 42.6 Å². The Labute approximate surface area is 103 Å². The molecule has 1 saturated carbocycles. The molecule has 1 aromatic carbocycles. The van der Waals surface area contributed by atoms with Crippen molar-refractivity contribution < 1.29 is 4.74 Å². The van der Waals surface area contributed by atoms with Gasteiger partial charge in [0.25, 0.3) is 0 Å². The average Bonchev–Trinajstić information content (AvgIpc) is 2.87. The summed E-state index contributed by atoms with van der Waals surface area (Å²) in [5.41, 5.74) is 2.87. The van der Waals surface area contributed by atoms with Crippen LogP contribution >= 0.6 is 0 Å². The fourth-order valence-electron chi connectivity index (χ4n) is 3.30. The van der Waals surface area contributed by atoms with Crippen LogP contribution in [-0.2, 0) is 6.42 Å². The van der Waals surface area contributed by atoms with Gasteiger partial charge in [-0.2, -0.15) is 0 Å². The van der Waals surface area contributed by atoms with E-state index in [0.29, 0.717) is 12.0 Å². The first kappa shape index (κ1) is 11.1. The zero-order valence-corrected chi connectivity index (χ0v) is 10.5. The molecule has 1 heterocycles. The summed E-state index contributed by atoms with van der Waals surface area (Å²) in [5.74, 6) is 1.89. The van der Waals surface area contributed by atoms with Gasteiger partial charge in [0.2, 0.25) is 0 Å². The second-order valence-corrected chi connectivity index (χ2v) is 5.28. The monoisotopic (exact) mass is 231 g/mol. The molecule has 0 amide bonds. The molecule has 0 saturated heterocycles. The van der Waals surface area contributed by atoms with E-state index in [0.717, 1.165) is 13.0 Å². The van der Waals surface area contributed by atoms with Crippen molar-refractivity contribution in [2.24, 2.45) is 0 Å². The van der Waals surface area contributed by atoms with E-state index in [-0.39, 0.29) is 0 Å². The predicted molar refractivity (Wildman–Crippen MR) is 69.7 cm³/mol. The highest BCUT2D eigenvalue weighted by molar-refractivity contribution is 5.46. The molecule has 1 aromatic rings. The minimum absolute atomic E-state index is 0.686. The number of para-hydroxylation sites is 1. The highest BCUT2D eigenvalue weighted by Gasteiger charge is 2.26. The SMILES string of the molecule is CNC1CCCC(c2cccc3c2OCC3)C1. The molecule has 2 unspecified atom stereocenters. The van der Waals surface area contributed by atoms with Crippen molar-refractivity contribution in [2.75, 3.05) is 13.7 Å². The summed E-state index contributed by atoms with van der Waals surface area (Å²) in [7, 11) is 2.08. The summed E-state index contributed by atoms with van der Waals surface area (Å²) in [4.78, 5) is 0. The summed E-state index contributed by atoms with van der Waals surface area (Å²) in [6.07, 6.45) is 6.32. The molecule has 2 aliphatic rings. The lowest BCUT2D eigenvalue weighted by Crippen LogP contribution is -2.30. The third-order valence-electron chi connectivity index (χ3n) is 4.27.